The van der Waals surface area contributed by atoms with E-state index in [0.29, 0.717) is 0 Å². The van der Waals surface area contributed by atoms with Crippen LogP contribution < -0.4 is 0 Å². The minimum absolute atomic E-state index is 1.21. The van der Waals surface area contributed by atoms with Crippen molar-refractivity contribution in [3.05, 3.63) is 0 Å². The van der Waals surface area contributed by atoms with Crippen LogP contribution in [0.4, 0.5) is 0 Å². The van der Waals surface area contributed by atoms with Gasteiger partial charge >= 0.3 is 0 Å². The minimum atomic E-state index is 1.21. The zero-order valence-electron chi connectivity index (χ0n) is 6.57. The first kappa shape index (κ1) is 7.96. The molecule has 1 nitrogen and oxygen atoms in total. The second-order valence-corrected chi connectivity index (χ2v) is 2.57. The maximum absolute atomic E-state index is 2.29. The quantitative estimate of drug-likeness (QED) is 0.490. The Labute approximate surface area is 52.9 Å². The van der Waals surface area contributed by atoms with Gasteiger partial charge in [-0.3, -0.25) is 0 Å². The summed E-state index contributed by atoms with van der Waals surface area (Å²) in [7, 11) is 2.29. The zero-order chi connectivity index (χ0) is 6.62. The van der Waals surface area contributed by atoms with Gasteiger partial charge in [0.15, 0.2) is 0 Å². The highest BCUT2D eigenvalue weighted by Crippen LogP contribution is 1.97. The number of rotatable bonds is 3. The van der Waals surface area contributed by atoms with Crippen LogP contribution in [0, 0.1) is 0 Å². The van der Waals surface area contributed by atoms with Gasteiger partial charge < -0.3 is 4.48 Å². The summed E-state index contributed by atoms with van der Waals surface area (Å²) in [5.41, 5.74) is 0. The molecule has 0 atom stereocenters. The molecule has 0 bridgehead atoms. The molecule has 0 aliphatic heterocycles. The largest absolute Gasteiger partial charge is 0.327 e. The Bertz CT molecular complexity index is 47.1. The van der Waals surface area contributed by atoms with Crippen molar-refractivity contribution in [3.63, 3.8) is 0 Å². The van der Waals surface area contributed by atoms with Gasteiger partial charge in [0.2, 0.25) is 0 Å². The van der Waals surface area contributed by atoms with Crippen LogP contribution in [-0.4, -0.2) is 31.2 Å². The van der Waals surface area contributed by atoms with Gasteiger partial charge in [-0.2, -0.15) is 0 Å². The fraction of sp³-hybridized carbons (Fsp3) is 1.00. The Balaban J connectivity index is 3.58. The summed E-state index contributed by atoms with van der Waals surface area (Å²) < 4.78 is 1.21. The molecule has 0 saturated carbocycles. The number of hydrogen-bond donors (Lipinski definition) is 0. The highest BCUT2D eigenvalue weighted by atomic mass is 15.3. The lowest BCUT2D eigenvalue weighted by atomic mass is 10.4. The van der Waals surface area contributed by atoms with Gasteiger partial charge in [-0.1, -0.05) is 0 Å². The SMILES string of the molecule is CC[N+](C)(CC)CC. The molecule has 0 rings (SSSR count). The van der Waals surface area contributed by atoms with E-state index in [9.17, 15) is 0 Å². The highest BCUT2D eigenvalue weighted by molar-refractivity contribution is 4.24. The summed E-state index contributed by atoms with van der Waals surface area (Å²) in [6, 6.07) is 0. The molecule has 0 spiro atoms. The molecule has 0 amide bonds. The Morgan fingerprint density at radius 2 is 1.12 bits per heavy atom. The number of hydrogen-bond acceptors (Lipinski definition) is 0. The molecule has 0 aliphatic rings. The molecule has 50 valence electrons. The highest BCUT2D eigenvalue weighted by Gasteiger charge is 2.10. The first-order chi connectivity index (χ1) is 3.68. The molecule has 0 unspecified atom stereocenters. The van der Waals surface area contributed by atoms with Crippen LogP contribution in [0.2, 0.25) is 0 Å². The second kappa shape index (κ2) is 3.08. The average molecular weight is 116 g/mol. The van der Waals surface area contributed by atoms with Crippen molar-refractivity contribution in [1.29, 1.82) is 0 Å². The van der Waals surface area contributed by atoms with Crippen LogP contribution in [0.5, 0.6) is 0 Å². The van der Waals surface area contributed by atoms with E-state index in [1.165, 1.54) is 24.1 Å². The van der Waals surface area contributed by atoms with Crippen LogP contribution in [0.15, 0.2) is 0 Å². The summed E-state index contributed by atoms with van der Waals surface area (Å²) in [6.45, 7) is 10.5. The molecular weight excluding hydrogens is 98.1 g/mol. The molecule has 0 fully saturated rings. The molecule has 0 aromatic heterocycles. The standard InChI is InChI=1S/C7H18N/c1-5-8(4,6-2)7-3/h5-7H2,1-4H3/q+1. The molecular formula is C7H18N+. The van der Waals surface area contributed by atoms with Crippen molar-refractivity contribution in [2.24, 2.45) is 0 Å². The van der Waals surface area contributed by atoms with Crippen LogP contribution >= 0.6 is 0 Å². The molecule has 0 N–H and O–H groups in total. The van der Waals surface area contributed by atoms with Gasteiger partial charge in [0.25, 0.3) is 0 Å². The second-order valence-electron chi connectivity index (χ2n) is 2.57. The molecule has 0 saturated heterocycles. The fourth-order valence-electron chi connectivity index (χ4n) is 0.671. The average Bonchev–Trinajstić information content (AvgIpc) is 1.87. The first-order valence-corrected chi connectivity index (χ1v) is 3.52. The van der Waals surface area contributed by atoms with Gasteiger partial charge in [0.05, 0.1) is 26.7 Å². The van der Waals surface area contributed by atoms with Gasteiger partial charge in [0.1, 0.15) is 0 Å². The third-order valence-corrected chi connectivity index (χ3v) is 2.29. The fourth-order valence-corrected chi connectivity index (χ4v) is 0.671. The van der Waals surface area contributed by atoms with Gasteiger partial charge in [-0.05, 0) is 20.8 Å². The maximum atomic E-state index is 2.29. The lowest BCUT2D eigenvalue weighted by molar-refractivity contribution is -0.904. The van der Waals surface area contributed by atoms with Crippen LogP contribution in [0.25, 0.3) is 0 Å². The number of quaternary nitrogens is 1. The minimum Gasteiger partial charge on any atom is -0.327 e. The van der Waals surface area contributed by atoms with E-state index in [2.05, 4.69) is 27.8 Å². The van der Waals surface area contributed by atoms with Crippen molar-refractivity contribution in [3.8, 4) is 0 Å². The molecule has 8 heavy (non-hydrogen) atoms. The van der Waals surface area contributed by atoms with E-state index < -0.39 is 0 Å². The molecule has 0 aromatic carbocycles. The maximum Gasteiger partial charge on any atom is 0.0755 e. The summed E-state index contributed by atoms with van der Waals surface area (Å²) in [5, 5.41) is 0. The topological polar surface area (TPSA) is 0 Å². The summed E-state index contributed by atoms with van der Waals surface area (Å²) in [6.07, 6.45) is 0. The van der Waals surface area contributed by atoms with Crippen molar-refractivity contribution in [1.82, 2.24) is 0 Å². The monoisotopic (exact) mass is 116 g/mol. The molecule has 0 aliphatic carbocycles. The van der Waals surface area contributed by atoms with Gasteiger partial charge in [-0.15, -0.1) is 0 Å². The first-order valence-electron chi connectivity index (χ1n) is 3.52. The Hall–Kier alpha value is -0.0400. The molecule has 0 heterocycles. The van der Waals surface area contributed by atoms with E-state index in [4.69, 9.17) is 0 Å². The predicted molar refractivity (Wildman–Crippen MR) is 37.8 cm³/mol. The summed E-state index contributed by atoms with van der Waals surface area (Å²) >= 11 is 0. The van der Waals surface area contributed by atoms with E-state index in [1.807, 2.05) is 0 Å². The Morgan fingerprint density at radius 1 is 0.875 bits per heavy atom. The van der Waals surface area contributed by atoms with Crippen LogP contribution in [0.1, 0.15) is 20.8 Å². The van der Waals surface area contributed by atoms with Gasteiger partial charge in [0, 0.05) is 0 Å². The van der Waals surface area contributed by atoms with Crippen molar-refractivity contribution in [2.45, 2.75) is 20.8 Å². The Morgan fingerprint density at radius 3 is 1.12 bits per heavy atom. The number of nitrogens with zero attached hydrogens (tertiary/aromatic N) is 1. The van der Waals surface area contributed by atoms with E-state index in [-0.39, 0.29) is 0 Å². The summed E-state index contributed by atoms with van der Waals surface area (Å²) in [5.74, 6) is 0. The third kappa shape index (κ3) is 1.83. The third-order valence-electron chi connectivity index (χ3n) is 2.29. The summed E-state index contributed by atoms with van der Waals surface area (Å²) in [4.78, 5) is 0. The predicted octanol–water partition coefficient (Wildman–Crippen LogP) is 1.49. The van der Waals surface area contributed by atoms with E-state index in [1.54, 1.807) is 0 Å². The lowest BCUT2D eigenvalue weighted by Gasteiger charge is -2.30. The Kier molecular flexibility index (Phi) is 3.06. The lowest BCUT2D eigenvalue weighted by Crippen LogP contribution is -2.42. The van der Waals surface area contributed by atoms with Crippen LogP contribution in [0.3, 0.4) is 0 Å². The molecule has 0 aromatic rings. The normalized spacial score (nSPS) is 12.0. The van der Waals surface area contributed by atoms with E-state index in [0.717, 1.165) is 0 Å². The zero-order valence-corrected chi connectivity index (χ0v) is 6.57. The van der Waals surface area contributed by atoms with Crippen molar-refractivity contribution < 1.29 is 4.48 Å². The van der Waals surface area contributed by atoms with Gasteiger partial charge in [-0.25, -0.2) is 0 Å². The van der Waals surface area contributed by atoms with Crippen LogP contribution in [-0.2, 0) is 0 Å². The van der Waals surface area contributed by atoms with Crippen molar-refractivity contribution in [2.75, 3.05) is 26.7 Å². The molecule has 0 radical (unpaired) electrons. The molecule has 1 heteroatoms. The smallest absolute Gasteiger partial charge is 0.0755 e. The van der Waals surface area contributed by atoms with Crippen molar-refractivity contribution >= 4 is 0 Å². The van der Waals surface area contributed by atoms with E-state index >= 15 is 0 Å².